The van der Waals surface area contributed by atoms with E-state index in [4.69, 9.17) is 14.9 Å². The average molecular weight is 275 g/mol. The van der Waals surface area contributed by atoms with Gasteiger partial charge >= 0.3 is 0 Å². The molecule has 2 N–H and O–H groups in total. The first-order chi connectivity index (χ1) is 9.72. The van der Waals surface area contributed by atoms with Crippen molar-refractivity contribution in [3.05, 3.63) is 23.2 Å². The number of aryl methyl sites for hydroxylation is 1. The lowest BCUT2D eigenvalue weighted by Gasteiger charge is -2.54. The summed E-state index contributed by atoms with van der Waals surface area (Å²) in [5, 5.41) is 0. The van der Waals surface area contributed by atoms with Crippen LogP contribution in [0.4, 0.5) is 0 Å². The van der Waals surface area contributed by atoms with E-state index in [1.807, 2.05) is 6.92 Å². The van der Waals surface area contributed by atoms with E-state index in [0.29, 0.717) is 19.3 Å². The van der Waals surface area contributed by atoms with Crippen molar-refractivity contribution in [1.82, 2.24) is 0 Å². The molecule has 3 nitrogen and oxygen atoms in total. The van der Waals surface area contributed by atoms with Crippen molar-refractivity contribution in [2.75, 3.05) is 0 Å². The minimum Gasteiger partial charge on any atom is -0.465 e. The summed E-state index contributed by atoms with van der Waals surface area (Å²) >= 11 is 0. The van der Waals surface area contributed by atoms with Gasteiger partial charge in [-0.15, -0.1) is 0 Å². The molecule has 0 aromatic carbocycles. The quantitative estimate of drug-likeness (QED) is 0.916. The molecule has 3 heteroatoms. The summed E-state index contributed by atoms with van der Waals surface area (Å²) < 4.78 is 12.0. The Labute approximate surface area is 120 Å². The van der Waals surface area contributed by atoms with Crippen molar-refractivity contribution in [2.45, 2.75) is 58.3 Å². The minimum absolute atomic E-state index is 0.471. The molecule has 4 aliphatic rings. The van der Waals surface area contributed by atoms with E-state index >= 15 is 0 Å². The molecule has 20 heavy (non-hydrogen) atoms. The zero-order valence-electron chi connectivity index (χ0n) is 12.3. The molecule has 0 aliphatic heterocycles. The number of hydrogen-bond acceptors (Lipinski definition) is 3. The number of rotatable bonds is 4. The van der Waals surface area contributed by atoms with Crippen LogP contribution in [0.3, 0.4) is 0 Å². The summed E-state index contributed by atoms with van der Waals surface area (Å²) in [5.74, 6) is 5.51. The summed E-state index contributed by atoms with van der Waals surface area (Å²) in [5.41, 5.74) is 6.81. The Hall–Kier alpha value is -0.800. The molecule has 4 saturated carbocycles. The summed E-state index contributed by atoms with van der Waals surface area (Å²) in [6.45, 7) is 3.18. The largest absolute Gasteiger partial charge is 0.465 e. The van der Waals surface area contributed by atoms with Crippen molar-refractivity contribution in [3.63, 3.8) is 0 Å². The lowest BCUT2D eigenvalue weighted by Crippen LogP contribution is -2.49. The molecule has 4 aliphatic carbocycles. The number of nitrogens with two attached hydrogens (primary N) is 1. The maximum atomic E-state index is 6.34. The number of furan rings is 1. The molecule has 0 spiro atoms. The Bertz CT molecular complexity index is 465. The standard InChI is InChI=1S/C17H25NO2/c1-10-15(7-16(8-18)20-10)9-19-17-13-3-11-2-12(5-13)6-14(17)4-11/h7,11-14,17H,2-6,8-9,18H2,1H3. The van der Waals surface area contributed by atoms with Crippen molar-refractivity contribution in [1.29, 1.82) is 0 Å². The average Bonchev–Trinajstić information content (AvgIpc) is 2.78. The Morgan fingerprint density at radius 3 is 2.35 bits per heavy atom. The van der Waals surface area contributed by atoms with Crippen LogP contribution in [0.15, 0.2) is 10.5 Å². The topological polar surface area (TPSA) is 48.4 Å². The summed E-state index contributed by atoms with van der Waals surface area (Å²) in [6.07, 6.45) is 7.65. The Balaban J connectivity index is 1.43. The first kappa shape index (κ1) is 12.9. The van der Waals surface area contributed by atoms with Crippen LogP contribution >= 0.6 is 0 Å². The molecule has 1 aromatic rings. The first-order valence-corrected chi connectivity index (χ1v) is 8.12. The van der Waals surface area contributed by atoms with Gasteiger partial charge in [-0.1, -0.05) is 0 Å². The predicted octanol–water partition coefficient (Wildman–Crippen LogP) is 3.39. The van der Waals surface area contributed by atoms with Gasteiger partial charge in [0.2, 0.25) is 0 Å². The molecule has 0 unspecified atom stereocenters. The summed E-state index contributed by atoms with van der Waals surface area (Å²) in [6, 6.07) is 2.06. The minimum atomic E-state index is 0.471. The van der Waals surface area contributed by atoms with Crippen molar-refractivity contribution in [2.24, 2.45) is 29.4 Å². The lowest BCUT2D eigenvalue weighted by molar-refractivity contribution is -0.132. The maximum absolute atomic E-state index is 6.34. The highest BCUT2D eigenvalue weighted by Gasteiger charge is 2.48. The van der Waals surface area contributed by atoms with Crippen LogP contribution in [-0.2, 0) is 17.9 Å². The molecular weight excluding hydrogens is 250 g/mol. The third-order valence-corrected chi connectivity index (χ3v) is 5.84. The third kappa shape index (κ3) is 2.11. The molecule has 1 heterocycles. The van der Waals surface area contributed by atoms with Gasteiger partial charge in [0.15, 0.2) is 0 Å². The molecule has 5 rings (SSSR count). The second-order valence-electron chi connectivity index (χ2n) is 7.20. The van der Waals surface area contributed by atoms with Crippen LogP contribution in [0.1, 0.15) is 49.2 Å². The molecule has 0 radical (unpaired) electrons. The molecule has 1 aromatic heterocycles. The van der Waals surface area contributed by atoms with Gasteiger partial charge < -0.3 is 14.9 Å². The second-order valence-corrected chi connectivity index (χ2v) is 7.20. The highest BCUT2D eigenvalue weighted by atomic mass is 16.5. The summed E-state index contributed by atoms with van der Waals surface area (Å²) in [7, 11) is 0. The van der Waals surface area contributed by atoms with Crippen LogP contribution in [0.25, 0.3) is 0 Å². The Morgan fingerprint density at radius 2 is 1.80 bits per heavy atom. The first-order valence-electron chi connectivity index (χ1n) is 8.12. The Kier molecular flexibility index (Phi) is 3.15. The van der Waals surface area contributed by atoms with E-state index in [9.17, 15) is 0 Å². The fourth-order valence-electron chi connectivity index (χ4n) is 5.16. The van der Waals surface area contributed by atoms with Gasteiger partial charge in [0.1, 0.15) is 11.5 Å². The van der Waals surface area contributed by atoms with E-state index in [1.165, 1.54) is 37.7 Å². The van der Waals surface area contributed by atoms with E-state index in [0.717, 1.165) is 35.2 Å². The number of hydrogen-bond donors (Lipinski definition) is 1. The van der Waals surface area contributed by atoms with Crippen LogP contribution in [-0.4, -0.2) is 6.10 Å². The van der Waals surface area contributed by atoms with Crippen LogP contribution in [0, 0.1) is 30.6 Å². The fraction of sp³-hybridized carbons (Fsp3) is 0.765. The summed E-state index contributed by atoms with van der Waals surface area (Å²) in [4.78, 5) is 0. The van der Waals surface area contributed by atoms with Crippen LogP contribution in [0.5, 0.6) is 0 Å². The van der Waals surface area contributed by atoms with Crippen molar-refractivity contribution >= 4 is 0 Å². The lowest BCUT2D eigenvalue weighted by atomic mass is 9.55. The zero-order valence-corrected chi connectivity index (χ0v) is 12.3. The zero-order chi connectivity index (χ0) is 13.7. The highest BCUT2D eigenvalue weighted by Crippen LogP contribution is 2.54. The highest BCUT2D eigenvalue weighted by molar-refractivity contribution is 5.20. The van der Waals surface area contributed by atoms with Gasteiger partial charge in [-0.2, -0.15) is 0 Å². The monoisotopic (exact) mass is 275 g/mol. The van der Waals surface area contributed by atoms with Gasteiger partial charge in [0, 0.05) is 5.56 Å². The second kappa shape index (κ2) is 4.88. The molecule has 0 saturated heterocycles. The van der Waals surface area contributed by atoms with Gasteiger partial charge in [-0.3, -0.25) is 0 Å². The predicted molar refractivity (Wildman–Crippen MR) is 77.0 cm³/mol. The molecule has 110 valence electrons. The smallest absolute Gasteiger partial charge is 0.118 e. The van der Waals surface area contributed by atoms with E-state index < -0.39 is 0 Å². The van der Waals surface area contributed by atoms with Crippen molar-refractivity contribution in [3.8, 4) is 0 Å². The van der Waals surface area contributed by atoms with Crippen LogP contribution in [0.2, 0.25) is 0 Å². The van der Waals surface area contributed by atoms with Gasteiger partial charge in [-0.25, -0.2) is 0 Å². The molecule has 0 amide bonds. The SMILES string of the molecule is Cc1oc(CN)cc1COC1C2CC3CC(C2)CC1C3. The van der Waals surface area contributed by atoms with Crippen LogP contribution < -0.4 is 5.73 Å². The normalized spacial score (nSPS) is 38.6. The van der Waals surface area contributed by atoms with E-state index in [-0.39, 0.29) is 0 Å². The molecular formula is C17H25NO2. The van der Waals surface area contributed by atoms with Gasteiger partial charge in [0.25, 0.3) is 0 Å². The Morgan fingerprint density at radius 1 is 1.15 bits per heavy atom. The third-order valence-electron chi connectivity index (χ3n) is 5.84. The van der Waals surface area contributed by atoms with Crippen molar-refractivity contribution < 1.29 is 9.15 Å². The fourth-order valence-corrected chi connectivity index (χ4v) is 5.16. The van der Waals surface area contributed by atoms with Gasteiger partial charge in [-0.05, 0) is 68.8 Å². The van der Waals surface area contributed by atoms with E-state index in [2.05, 4.69) is 6.07 Å². The maximum Gasteiger partial charge on any atom is 0.118 e. The molecule has 4 bridgehead atoms. The van der Waals surface area contributed by atoms with E-state index in [1.54, 1.807) is 0 Å². The molecule has 4 fully saturated rings. The molecule has 0 atom stereocenters. The van der Waals surface area contributed by atoms with Gasteiger partial charge in [0.05, 0.1) is 19.3 Å². The number of ether oxygens (including phenoxy) is 1.